The molecule has 0 aliphatic carbocycles. The van der Waals surface area contributed by atoms with Crippen LogP contribution in [0.25, 0.3) is 16.8 Å². The Morgan fingerprint density at radius 1 is 0.872 bits per heavy atom. The molecule has 0 saturated carbocycles. The first-order valence-electron chi connectivity index (χ1n) is 11.6. The van der Waals surface area contributed by atoms with Crippen LogP contribution in [0, 0.1) is 0 Å². The Morgan fingerprint density at radius 3 is 2.28 bits per heavy atom. The highest BCUT2D eigenvalue weighted by atomic mass is 32.2. The van der Waals surface area contributed by atoms with Gasteiger partial charge in [-0.2, -0.15) is 13.2 Å². The summed E-state index contributed by atoms with van der Waals surface area (Å²) in [7, 11) is -3.73. The molecule has 1 aliphatic rings. The molecule has 2 amide bonds. The second-order valence-electron chi connectivity index (χ2n) is 8.74. The molecule has 0 unspecified atom stereocenters. The van der Waals surface area contributed by atoms with E-state index in [0.717, 1.165) is 23.6 Å². The number of benzene rings is 4. The number of alkyl halides is 3. The third-order valence-corrected chi connectivity index (χ3v) is 7.97. The minimum absolute atomic E-state index is 0.0646. The number of hydrogen-bond acceptors (Lipinski definition) is 4. The molecule has 0 atom stereocenters. The molecule has 0 bridgehead atoms. The third kappa shape index (κ3) is 5.21. The number of carbonyl (C=O) groups excluding carboxylic acids is 2. The lowest BCUT2D eigenvalue weighted by molar-refractivity contribution is -0.137. The molecule has 0 spiro atoms. The summed E-state index contributed by atoms with van der Waals surface area (Å²) in [6.07, 6.45) is -2.32. The van der Waals surface area contributed by atoms with E-state index in [0.29, 0.717) is 16.6 Å². The van der Waals surface area contributed by atoms with Gasteiger partial charge in [0, 0.05) is 17.0 Å². The smallest absolute Gasteiger partial charge is 0.268 e. The minimum Gasteiger partial charge on any atom is -0.268 e. The molecule has 4 aromatic rings. The van der Waals surface area contributed by atoms with Crippen LogP contribution in [0.2, 0.25) is 0 Å². The van der Waals surface area contributed by atoms with Gasteiger partial charge in [-0.05, 0) is 59.0 Å². The van der Waals surface area contributed by atoms with Gasteiger partial charge < -0.3 is 0 Å². The zero-order chi connectivity index (χ0) is 27.8. The Bertz CT molecular complexity index is 1730. The number of sulfonamides is 1. The zero-order valence-corrected chi connectivity index (χ0v) is 20.9. The Hall–Kier alpha value is -4.64. The molecule has 0 saturated heterocycles. The maximum Gasteiger partial charge on any atom is 0.416 e. The maximum atomic E-state index is 13.2. The second-order valence-corrected chi connectivity index (χ2v) is 10.6. The Balaban J connectivity index is 1.21. The van der Waals surface area contributed by atoms with E-state index in [2.05, 4.69) is 10.9 Å². The standard InChI is InChI=1S/C28H20F3N3O4S/c29-28(30,31)22-7-1-4-18(16-22)12-15-25(35)32-33-27(36)21-13-10-19(11-14-21)17-34-23-8-2-5-20-6-3-9-24(26(20)23)39(34,37)38/h1-16H,17H2,(H,32,35)(H,33,36)/b15-12+. The topological polar surface area (TPSA) is 95.6 Å². The highest BCUT2D eigenvalue weighted by Crippen LogP contribution is 2.42. The molecule has 1 aliphatic heterocycles. The van der Waals surface area contributed by atoms with Crippen molar-refractivity contribution in [1.29, 1.82) is 0 Å². The summed E-state index contributed by atoms with van der Waals surface area (Å²) in [5.74, 6) is -1.38. The SMILES string of the molecule is O=C(/C=C/c1cccc(C(F)(F)F)c1)NNC(=O)c1ccc(CN2c3cccc4cccc(c34)S2(=O)=O)cc1. The van der Waals surface area contributed by atoms with Crippen molar-refractivity contribution in [3.63, 3.8) is 0 Å². The molecular weight excluding hydrogens is 531 g/mol. The number of anilines is 1. The molecule has 0 radical (unpaired) electrons. The van der Waals surface area contributed by atoms with E-state index < -0.39 is 33.6 Å². The highest BCUT2D eigenvalue weighted by Gasteiger charge is 2.35. The summed E-state index contributed by atoms with van der Waals surface area (Å²) in [6.45, 7) is 0.0646. The highest BCUT2D eigenvalue weighted by molar-refractivity contribution is 7.93. The third-order valence-electron chi connectivity index (χ3n) is 6.16. The first-order valence-corrected chi connectivity index (χ1v) is 13.1. The maximum absolute atomic E-state index is 13.2. The van der Waals surface area contributed by atoms with Crippen LogP contribution < -0.4 is 15.2 Å². The van der Waals surface area contributed by atoms with Crippen molar-refractivity contribution in [3.8, 4) is 0 Å². The van der Waals surface area contributed by atoms with Crippen molar-refractivity contribution in [2.24, 2.45) is 0 Å². The van der Waals surface area contributed by atoms with Crippen molar-refractivity contribution < 1.29 is 31.2 Å². The lowest BCUT2D eigenvalue weighted by atomic mass is 10.1. The van der Waals surface area contributed by atoms with E-state index in [9.17, 15) is 31.2 Å². The fourth-order valence-electron chi connectivity index (χ4n) is 4.28. The van der Waals surface area contributed by atoms with Crippen molar-refractivity contribution >= 4 is 44.4 Å². The molecule has 11 heteroatoms. The lowest BCUT2D eigenvalue weighted by Gasteiger charge is -2.19. The van der Waals surface area contributed by atoms with Crippen LogP contribution in [0.3, 0.4) is 0 Å². The van der Waals surface area contributed by atoms with Gasteiger partial charge in [0.15, 0.2) is 0 Å². The quantitative estimate of drug-likeness (QED) is 0.268. The number of hydrazine groups is 1. The molecule has 198 valence electrons. The largest absolute Gasteiger partial charge is 0.416 e. The molecule has 7 nitrogen and oxygen atoms in total. The number of rotatable bonds is 5. The summed E-state index contributed by atoms with van der Waals surface area (Å²) in [5.41, 5.74) is 5.16. The number of nitrogens with one attached hydrogen (secondary N) is 2. The van der Waals surface area contributed by atoms with Gasteiger partial charge in [0.05, 0.1) is 22.7 Å². The monoisotopic (exact) mass is 551 g/mol. The number of halogens is 3. The second kappa shape index (κ2) is 9.91. The summed E-state index contributed by atoms with van der Waals surface area (Å²) < 4.78 is 66.1. The summed E-state index contributed by atoms with van der Waals surface area (Å²) in [6, 6.07) is 21.2. The van der Waals surface area contributed by atoms with Crippen molar-refractivity contribution in [2.75, 3.05) is 4.31 Å². The van der Waals surface area contributed by atoms with E-state index in [1.165, 1.54) is 34.6 Å². The molecule has 39 heavy (non-hydrogen) atoms. The normalized spacial score (nSPS) is 14.1. The molecule has 2 N–H and O–H groups in total. The number of hydrogen-bond donors (Lipinski definition) is 2. The zero-order valence-electron chi connectivity index (χ0n) is 20.1. The van der Waals surface area contributed by atoms with Crippen LogP contribution in [0.5, 0.6) is 0 Å². The molecule has 5 rings (SSSR count). The van der Waals surface area contributed by atoms with Gasteiger partial charge in [0.25, 0.3) is 21.8 Å². The van der Waals surface area contributed by atoms with Gasteiger partial charge in [-0.3, -0.25) is 24.7 Å². The van der Waals surface area contributed by atoms with Gasteiger partial charge in [-0.25, -0.2) is 8.42 Å². The van der Waals surface area contributed by atoms with Crippen LogP contribution in [0.15, 0.2) is 95.9 Å². The van der Waals surface area contributed by atoms with Crippen LogP contribution in [0.1, 0.15) is 27.0 Å². The molecule has 0 aromatic heterocycles. The molecule has 0 fully saturated rings. The van der Waals surface area contributed by atoms with E-state index in [4.69, 9.17) is 0 Å². The number of nitrogens with zero attached hydrogens (tertiary/aromatic N) is 1. The van der Waals surface area contributed by atoms with Crippen LogP contribution in [-0.4, -0.2) is 20.2 Å². The van der Waals surface area contributed by atoms with Gasteiger partial charge in [0.1, 0.15) is 0 Å². The van der Waals surface area contributed by atoms with E-state index in [1.807, 2.05) is 12.1 Å². The average molecular weight is 552 g/mol. The minimum atomic E-state index is -4.50. The summed E-state index contributed by atoms with van der Waals surface area (Å²) >= 11 is 0. The Labute approximate surface area is 221 Å². The van der Waals surface area contributed by atoms with Gasteiger partial charge in [-0.1, -0.05) is 48.5 Å². The van der Waals surface area contributed by atoms with Crippen molar-refractivity contribution in [3.05, 3.63) is 113 Å². The van der Waals surface area contributed by atoms with Crippen LogP contribution in [0.4, 0.5) is 18.9 Å². The van der Waals surface area contributed by atoms with Gasteiger partial charge >= 0.3 is 6.18 Å². The van der Waals surface area contributed by atoms with Crippen LogP contribution >= 0.6 is 0 Å². The van der Waals surface area contributed by atoms with E-state index >= 15 is 0 Å². The molecular formula is C28H20F3N3O4S. The van der Waals surface area contributed by atoms with Crippen molar-refractivity contribution in [2.45, 2.75) is 17.6 Å². The predicted octanol–water partition coefficient (Wildman–Crippen LogP) is 5.04. The van der Waals surface area contributed by atoms with Crippen LogP contribution in [-0.2, 0) is 27.5 Å². The van der Waals surface area contributed by atoms with Gasteiger partial charge in [0.2, 0.25) is 0 Å². The summed E-state index contributed by atoms with van der Waals surface area (Å²) in [4.78, 5) is 24.7. The molecule has 1 heterocycles. The lowest BCUT2D eigenvalue weighted by Crippen LogP contribution is -2.40. The van der Waals surface area contributed by atoms with E-state index in [1.54, 1.807) is 36.4 Å². The fraction of sp³-hybridized carbons (Fsp3) is 0.0714. The Kier molecular flexibility index (Phi) is 6.61. The predicted molar refractivity (Wildman–Crippen MR) is 140 cm³/mol. The first kappa shape index (κ1) is 26.0. The number of carbonyl (C=O) groups is 2. The first-order chi connectivity index (χ1) is 18.5. The van der Waals surface area contributed by atoms with Gasteiger partial charge in [-0.15, -0.1) is 0 Å². The molecule has 4 aromatic carbocycles. The average Bonchev–Trinajstić information content (AvgIpc) is 3.14. The fourth-order valence-corrected chi connectivity index (χ4v) is 5.98. The Morgan fingerprint density at radius 2 is 1.56 bits per heavy atom. The number of amides is 2. The van der Waals surface area contributed by atoms with E-state index in [-0.39, 0.29) is 22.6 Å². The summed E-state index contributed by atoms with van der Waals surface area (Å²) in [5, 5.41) is 1.50. The van der Waals surface area contributed by atoms with Crippen molar-refractivity contribution in [1.82, 2.24) is 10.9 Å².